The van der Waals surface area contributed by atoms with Gasteiger partial charge in [-0.2, -0.15) is 9.98 Å². The van der Waals surface area contributed by atoms with Crippen molar-refractivity contribution in [1.29, 1.82) is 0 Å². The third-order valence-electron chi connectivity index (χ3n) is 3.96. The molecule has 134 valence electrons. The zero-order valence-electron chi connectivity index (χ0n) is 16.6. The van der Waals surface area contributed by atoms with Gasteiger partial charge in [0.05, 0.1) is 11.4 Å². The Kier molecular flexibility index (Phi) is 9.50. The fourth-order valence-electron chi connectivity index (χ4n) is 2.29. The lowest BCUT2D eigenvalue weighted by Gasteiger charge is -2.07. The topological polar surface area (TPSA) is 24.7 Å². The van der Waals surface area contributed by atoms with E-state index in [1.807, 2.05) is 36.4 Å². The maximum absolute atomic E-state index is 4.41. The number of aliphatic imine (C=N–C) groups is 2. The number of benzene rings is 2. The van der Waals surface area contributed by atoms with Gasteiger partial charge in [0.2, 0.25) is 0 Å². The summed E-state index contributed by atoms with van der Waals surface area (Å²) < 4.78 is 0. The molecule has 0 heterocycles. The van der Waals surface area contributed by atoms with E-state index >= 15 is 0 Å². The van der Waals surface area contributed by atoms with Crippen LogP contribution in [-0.4, -0.2) is 6.01 Å². The molecular weight excluding hydrogens is 304 g/mol. The third-order valence-corrected chi connectivity index (χ3v) is 3.96. The summed E-state index contributed by atoms with van der Waals surface area (Å²) in [5.74, 6) is 0.879. The molecule has 2 aromatic carbocycles. The molecule has 0 saturated carbocycles. The maximum Gasteiger partial charge on any atom is 0.100 e. The van der Waals surface area contributed by atoms with E-state index in [9.17, 15) is 0 Å². The molecule has 0 aromatic heterocycles. The van der Waals surface area contributed by atoms with Crippen LogP contribution in [0.3, 0.4) is 0 Å². The minimum Gasteiger partial charge on any atom is -0.187 e. The van der Waals surface area contributed by atoms with Crippen molar-refractivity contribution in [2.24, 2.45) is 9.98 Å². The SMILES string of the molecule is CC(C)c1ccccc1N=C=Nc1ccccc1C(C)C.CCCC. The Labute approximate surface area is 153 Å². The highest BCUT2D eigenvalue weighted by Gasteiger charge is 2.05. The van der Waals surface area contributed by atoms with Crippen LogP contribution < -0.4 is 0 Å². The van der Waals surface area contributed by atoms with Crippen molar-refractivity contribution in [2.75, 3.05) is 0 Å². The Morgan fingerprint density at radius 2 is 1.04 bits per heavy atom. The van der Waals surface area contributed by atoms with Gasteiger partial charge in [-0.25, -0.2) is 0 Å². The summed E-state index contributed by atoms with van der Waals surface area (Å²) in [4.78, 5) is 8.81. The third kappa shape index (κ3) is 7.07. The molecule has 25 heavy (non-hydrogen) atoms. The number of nitrogens with zero attached hydrogens (tertiary/aromatic N) is 2. The summed E-state index contributed by atoms with van der Waals surface area (Å²) in [5.41, 5.74) is 4.33. The van der Waals surface area contributed by atoms with E-state index in [0.717, 1.165) is 11.4 Å². The molecule has 0 aliphatic heterocycles. The Balaban J connectivity index is 0.000000705. The van der Waals surface area contributed by atoms with Crippen LogP contribution in [0.2, 0.25) is 0 Å². The molecule has 0 saturated heterocycles. The molecule has 0 amide bonds. The summed E-state index contributed by atoms with van der Waals surface area (Å²) in [7, 11) is 0. The molecular formula is C23H32N2. The summed E-state index contributed by atoms with van der Waals surface area (Å²) in [6.07, 6.45) is 2.64. The van der Waals surface area contributed by atoms with Gasteiger partial charge in [0, 0.05) is 0 Å². The van der Waals surface area contributed by atoms with Crippen molar-refractivity contribution in [1.82, 2.24) is 0 Å². The van der Waals surface area contributed by atoms with Crippen molar-refractivity contribution >= 4 is 17.4 Å². The molecule has 2 rings (SSSR count). The number of hydrogen-bond acceptors (Lipinski definition) is 2. The number of para-hydroxylation sites is 2. The summed E-state index contributed by atoms with van der Waals surface area (Å²) >= 11 is 0. The van der Waals surface area contributed by atoms with Crippen LogP contribution in [0.15, 0.2) is 58.5 Å². The lowest BCUT2D eigenvalue weighted by Crippen LogP contribution is -1.87. The van der Waals surface area contributed by atoms with Crippen LogP contribution in [-0.2, 0) is 0 Å². The van der Waals surface area contributed by atoms with Crippen molar-refractivity contribution in [3.05, 3.63) is 59.7 Å². The first-order valence-corrected chi connectivity index (χ1v) is 9.35. The van der Waals surface area contributed by atoms with Crippen LogP contribution in [0.5, 0.6) is 0 Å². The Hall–Kier alpha value is -2.18. The first kappa shape index (κ1) is 20.9. The second kappa shape index (κ2) is 11.4. The maximum atomic E-state index is 4.41. The van der Waals surface area contributed by atoms with Gasteiger partial charge in [-0.15, -0.1) is 0 Å². The molecule has 0 spiro atoms. The highest BCUT2D eigenvalue weighted by atomic mass is 14.8. The van der Waals surface area contributed by atoms with Gasteiger partial charge < -0.3 is 0 Å². The fourth-order valence-corrected chi connectivity index (χ4v) is 2.29. The van der Waals surface area contributed by atoms with E-state index in [-0.39, 0.29) is 0 Å². The van der Waals surface area contributed by atoms with Gasteiger partial charge in [0.1, 0.15) is 6.01 Å². The quantitative estimate of drug-likeness (QED) is 0.496. The van der Waals surface area contributed by atoms with Crippen molar-refractivity contribution < 1.29 is 0 Å². The average Bonchev–Trinajstić information content (AvgIpc) is 2.62. The molecule has 0 fully saturated rings. The van der Waals surface area contributed by atoms with Crippen LogP contribution in [0.1, 0.15) is 77.3 Å². The van der Waals surface area contributed by atoms with Crippen LogP contribution in [0.4, 0.5) is 11.4 Å². The number of unbranched alkanes of at least 4 members (excludes halogenated alkanes) is 1. The first-order valence-electron chi connectivity index (χ1n) is 9.35. The van der Waals surface area contributed by atoms with E-state index in [1.165, 1.54) is 24.0 Å². The highest BCUT2D eigenvalue weighted by molar-refractivity contribution is 5.62. The van der Waals surface area contributed by atoms with E-state index in [4.69, 9.17) is 0 Å². The van der Waals surface area contributed by atoms with E-state index in [2.05, 4.69) is 69.7 Å². The van der Waals surface area contributed by atoms with Crippen molar-refractivity contribution in [2.45, 2.75) is 66.2 Å². The van der Waals surface area contributed by atoms with E-state index in [1.54, 1.807) is 0 Å². The van der Waals surface area contributed by atoms with Crippen LogP contribution >= 0.6 is 0 Å². The van der Waals surface area contributed by atoms with Crippen molar-refractivity contribution in [3.8, 4) is 0 Å². The molecule has 2 nitrogen and oxygen atoms in total. The lowest BCUT2D eigenvalue weighted by atomic mass is 10.0. The molecule has 0 radical (unpaired) electrons. The lowest BCUT2D eigenvalue weighted by molar-refractivity contribution is 0.866. The van der Waals surface area contributed by atoms with Crippen LogP contribution in [0.25, 0.3) is 0 Å². The second-order valence-electron chi connectivity index (χ2n) is 6.75. The minimum atomic E-state index is 0.440. The molecule has 0 atom stereocenters. The molecule has 0 N–H and O–H groups in total. The first-order chi connectivity index (χ1) is 12.0. The highest BCUT2D eigenvalue weighted by Crippen LogP contribution is 2.27. The van der Waals surface area contributed by atoms with Gasteiger partial charge >= 0.3 is 0 Å². The van der Waals surface area contributed by atoms with E-state index in [0.29, 0.717) is 11.8 Å². The fraction of sp³-hybridized carbons (Fsp3) is 0.435. The molecule has 0 bridgehead atoms. The van der Waals surface area contributed by atoms with Gasteiger partial charge in [0.15, 0.2) is 0 Å². The summed E-state index contributed by atoms with van der Waals surface area (Å²) in [5, 5.41) is 0. The predicted octanol–water partition coefficient (Wildman–Crippen LogP) is 7.88. The zero-order chi connectivity index (χ0) is 18.7. The van der Waals surface area contributed by atoms with Gasteiger partial charge in [0.25, 0.3) is 0 Å². The van der Waals surface area contributed by atoms with Crippen molar-refractivity contribution in [3.63, 3.8) is 0 Å². The van der Waals surface area contributed by atoms with Gasteiger partial charge in [-0.3, -0.25) is 0 Å². The smallest absolute Gasteiger partial charge is 0.100 e. The standard InChI is InChI=1S/C19H22N2.C4H10/c1-14(2)16-9-5-7-11-18(16)20-13-21-19-12-8-6-10-17(19)15(3)4;1-3-4-2/h5-12,14-15H,1-4H3;3-4H2,1-2H3. The summed E-state index contributed by atoms with van der Waals surface area (Å²) in [6.45, 7) is 13.0. The zero-order valence-corrected chi connectivity index (χ0v) is 16.6. The number of hydrogen-bond donors (Lipinski definition) is 0. The number of rotatable bonds is 5. The molecule has 0 aliphatic carbocycles. The second-order valence-corrected chi connectivity index (χ2v) is 6.75. The monoisotopic (exact) mass is 336 g/mol. The minimum absolute atomic E-state index is 0.440. The predicted molar refractivity (Wildman–Crippen MR) is 111 cm³/mol. The van der Waals surface area contributed by atoms with Gasteiger partial charge in [-0.1, -0.05) is 90.8 Å². The molecule has 0 unspecified atom stereocenters. The molecule has 2 heteroatoms. The normalized spacial score (nSPS) is 10.1. The average molecular weight is 337 g/mol. The Morgan fingerprint density at radius 3 is 1.36 bits per heavy atom. The van der Waals surface area contributed by atoms with E-state index < -0.39 is 0 Å². The Bertz CT molecular complexity index is 635. The Morgan fingerprint density at radius 1 is 0.680 bits per heavy atom. The molecule has 2 aromatic rings. The van der Waals surface area contributed by atoms with Gasteiger partial charge in [-0.05, 0) is 35.1 Å². The molecule has 0 aliphatic rings. The van der Waals surface area contributed by atoms with Crippen LogP contribution in [0, 0.1) is 0 Å². The largest absolute Gasteiger partial charge is 0.187 e. The summed E-state index contributed by atoms with van der Waals surface area (Å²) in [6, 6.07) is 19.2.